The lowest BCUT2D eigenvalue weighted by molar-refractivity contribution is 0.0740. The summed E-state index contributed by atoms with van der Waals surface area (Å²) in [4.78, 5) is 43.2. The second-order valence-corrected chi connectivity index (χ2v) is 7.53. The van der Waals surface area contributed by atoms with Crippen molar-refractivity contribution < 1.29 is 4.79 Å². The molecule has 1 amide bonds. The number of H-pyrrole nitrogens is 2. The molecule has 1 aliphatic carbocycles. The fourth-order valence-corrected chi connectivity index (χ4v) is 3.98. The third-order valence-electron chi connectivity index (χ3n) is 5.59. The fraction of sp³-hybridized carbons (Fsp3) is 0.368. The van der Waals surface area contributed by atoms with Crippen LogP contribution in [-0.4, -0.2) is 56.9 Å². The van der Waals surface area contributed by atoms with Gasteiger partial charge in [0.25, 0.3) is 5.91 Å². The van der Waals surface area contributed by atoms with Gasteiger partial charge in [0, 0.05) is 55.6 Å². The second kappa shape index (κ2) is 5.94. The summed E-state index contributed by atoms with van der Waals surface area (Å²) in [5, 5.41) is 1.00. The highest BCUT2D eigenvalue weighted by atomic mass is 16.2. The number of hydrogen-bond acceptors (Lipinski definition) is 5. The zero-order chi connectivity index (χ0) is 18.4. The van der Waals surface area contributed by atoms with Crippen molar-refractivity contribution in [2.24, 2.45) is 5.41 Å². The molecule has 0 unspecified atom stereocenters. The van der Waals surface area contributed by atoms with E-state index >= 15 is 0 Å². The third kappa shape index (κ3) is 2.87. The van der Waals surface area contributed by atoms with Gasteiger partial charge < -0.3 is 19.8 Å². The zero-order valence-corrected chi connectivity index (χ0v) is 14.8. The maximum atomic E-state index is 13.0. The van der Waals surface area contributed by atoms with Gasteiger partial charge in [-0.05, 0) is 25.0 Å². The Morgan fingerprint density at radius 2 is 1.93 bits per heavy atom. The van der Waals surface area contributed by atoms with Crippen molar-refractivity contribution in [2.45, 2.75) is 12.8 Å². The van der Waals surface area contributed by atoms with Gasteiger partial charge in [0.05, 0.1) is 5.39 Å². The van der Waals surface area contributed by atoms with Crippen molar-refractivity contribution in [2.75, 3.05) is 31.1 Å². The van der Waals surface area contributed by atoms with Crippen molar-refractivity contribution >= 4 is 22.8 Å². The number of rotatable bonds is 2. The van der Waals surface area contributed by atoms with Gasteiger partial charge in [-0.2, -0.15) is 0 Å². The zero-order valence-electron chi connectivity index (χ0n) is 14.8. The van der Waals surface area contributed by atoms with Gasteiger partial charge in [-0.15, -0.1) is 0 Å². The van der Waals surface area contributed by atoms with Crippen LogP contribution in [0.25, 0.3) is 11.0 Å². The smallest absolute Gasteiger partial charge is 0.254 e. The Morgan fingerprint density at radius 3 is 2.74 bits per heavy atom. The number of carbonyl (C=O) groups is 1. The van der Waals surface area contributed by atoms with Gasteiger partial charge in [0.1, 0.15) is 17.8 Å². The Bertz CT molecular complexity index is 1070. The molecule has 5 rings (SSSR count). The summed E-state index contributed by atoms with van der Waals surface area (Å²) < 4.78 is 0. The summed E-state index contributed by atoms with van der Waals surface area (Å²) in [6.45, 7) is 2.90. The number of hydrogen-bond donors (Lipinski definition) is 2. The highest BCUT2D eigenvalue weighted by molar-refractivity contribution is 5.94. The molecule has 2 aliphatic rings. The minimum absolute atomic E-state index is 0.0799. The van der Waals surface area contributed by atoms with Gasteiger partial charge in [-0.3, -0.25) is 9.59 Å². The molecule has 0 radical (unpaired) electrons. The van der Waals surface area contributed by atoms with Crippen LogP contribution in [0.5, 0.6) is 0 Å². The van der Waals surface area contributed by atoms with Crippen LogP contribution in [0, 0.1) is 5.41 Å². The number of nitrogens with zero attached hydrogens (tertiary/aromatic N) is 4. The van der Waals surface area contributed by atoms with Crippen LogP contribution in [0.4, 0.5) is 5.82 Å². The molecule has 1 saturated carbocycles. The number of nitrogens with one attached hydrogen (secondary N) is 2. The molecule has 8 nitrogen and oxygen atoms in total. The Kier molecular flexibility index (Phi) is 3.53. The van der Waals surface area contributed by atoms with Crippen molar-refractivity contribution in [3.05, 3.63) is 52.8 Å². The van der Waals surface area contributed by atoms with Crippen molar-refractivity contribution in [1.29, 1.82) is 0 Å². The number of carbonyl (C=O) groups excluding carboxylic acids is 1. The molecule has 0 atom stereocenters. The molecule has 8 heteroatoms. The largest absolute Gasteiger partial charge is 0.354 e. The monoisotopic (exact) mass is 364 g/mol. The van der Waals surface area contributed by atoms with Gasteiger partial charge >= 0.3 is 0 Å². The number of aromatic nitrogens is 4. The molecule has 1 saturated heterocycles. The lowest BCUT2D eigenvalue weighted by Gasteiger charge is -2.25. The Balaban J connectivity index is 1.44. The minimum atomic E-state index is -0.255. The van der Waals surface area contributed by atoms with E-state index in [0.29, 0.717) is 18.7 Å². The standard InChI is InChI=1S/C19H20N6O2/c26-15-9-13(1-5-20-15)18(27)25-8-7-24(10-19(11-25)3-4-19)17-14-2-6-21-16(14)22-12-23-17/h1-2,5-6,9,12H,3-4,7-8,10-11H2,(H,20,26)(H,21,22,23). The van der Waals surface area contributed by atoms with Crippen molar-refractivity contribution in [3.63, 3.8) is 0 Å². The molecular formula is C19H20N6O2. The number of aromatic amines is 2. The van der Waals surface area contributed by atoms with Gasteiger partial charge in [0.15, 0.2) is 0 Å². The highest BCUT2D eigenvalue weighted by Gasteiger charge is 2.48. The molecule has 0 aromatic carbocycles. The fourth-order valence-electron chi connectivity index (χ4n) is 3.98. The molecular weight excluding hydrogens is 344 g/mol. The Morgan fingerprint density at radius 1 is 1.07 bits per heavy atom. The predicted molar refractivity (Wildman–Crippen MR) is 101 cm³/mol. The van der Waals surface area contributed by atoms with E-state index in [0.717, 1.165) is 42.8 Å². The molecule has 2 N–H and O–H groups in total. The van der Waals surface area contributed by atoms with E-state index in [1.807, 2.05) is 17.2 Å². The van der Waals surface area contributed by atoms with Gasteiger partial charge in [0.2, 0.25) is 5.56 Å². The SMILES string of the molecule is O=C(c1cc[nH]c(=O)c1)N1CCN(c2ncnc3[nH]ccc23)CC2(CC2)C1. The molecule has 138 valence electrons. The highest BCUT2D eigenvalue weighted by Crippen LogP contribution is 2.48. The van der Waals surface area contributed by atoms with Gasteiger partial charge in [-0.25, -0.2) is 9.97 Å². The van der Waals surface area contributed by atoms with Gasteiger partial charge in [-0.1, -0.05) is 0 Å². The van der Waals surface area contributed by atoms with E-state index in [1.165, 1.54) is 12.3 Å². The Hall–Kier alpha value is -3.16. The maximum Gasteiger partial charge on any atom is 0.254 e. The average Bonchev–Trinajstić information content (AvgIpc) is 3.32. The van der Waals surface area contributed by atoms with Crippen molar-refractivity contribution in [3.8, 4) is 0 Å². The van der Waals surface area contributed by atoms with E-state index in [1.54, 1.807) is 12.4 Å². The number of anilines is 1. The van der Waals surface area contributed by atoms with E-state index in [4.69, 9.17) is 0 Å². The lowest BCUT2D eigenvalue weighted by Crippen LogP contribution is -2.37. The third-order valence-corrected chi connectivity index (χ3v) is 5.59. The van der Waals surface area contributed by atoms with E-state index in [2.05, 4.69) is 24.8 Å². The second-order valence-electron chi connectivity index (χ2n) is 7.53. The van der Waals surface area contributed by atoms with E-state index in [9.17, 15) is 9.59 Å². The van der Waals surface area contributed by atoms with Crippen LogP contribution in [0.1, 0.15) is 23.2 Å². The van der Waals surface area contributed by atoms with Crippen LogP contribution < -0.4 is 10.5 Å². The molecule has 27 heavy (non-hydrogen) atoms. The van der Waals surface area contributed by atoms with Crippen LogP contribution in [0.2, 0.25) is 0 Å². The summed E-state index contributed by atoms with van der Waals surface area (Å²) in [5.41, 5.74) is 1.12. The van der Waals surface area contributed by atoms with Crippen LogP contribution >= 0.6 is 0 Å². The molecule has 0 bridgehead atoms. The molecule has 3 aromatic rings. The molecule has 1 spiro atoms. The normalized spacial score (nSPS) is 18.7. The first-order valence-electron chi connectivity index (χ1n) is 9.15. The molecule has 1 aliphatic heterocycles. The van der Waals surface area contributed by atoms with E-state index in [-0.39, 0.29) is 16.9 Å². The maximum absolute atomic E-state index is 13.0. The lowest BCUT2D eigenvalue weighted by atomic mass is 10.1. The minimum Gasteiger partial charge on any atom is -0.354 e. The number of pyridine rings is 1. The summed E-state index contributed by atoms with van der Waals surface area (Å²) in [7, 11) is 0. The molecule has 4 heterocycles. The summed E-state index contributed by atoms with van der Waals surface area (Å²) in [6, 6.07) is 5.03. The van der Waals surface area contributed by atoms with Crippen LogP contribution in [0.3, 0.4) is 0 Å². The predicted octanol–water partition coefficient (Wildman–Crippen LogP) is 1.39. The number of fused-ring (bicyclic) bond motifs is 1. The van der Waals surface area contributed by atoms with Crippen LogP contribution in [0.15, 0.2) is 41.7 Å². The van der Waals surface area contributed by atoms with Crippen molar-refractivity contribution in [1.82, 2.24) is 24.8 Å². The summed E-state index contributed by atoms with van der Waals surface area (Å²) in [5.74, 6) is 0.835. The van der Waals surface area contributed by atoms with Crippen LogP contribution in [-0.2, 0) is 0 Å². The Labute approximate surface area is 155 Å². The quantitative estimate of drug-likeness (QED) is 0.716. The molecule has 3 aromatic heterocycles. The molecule has 2 fully saturated rings. The topological polar surface area (TPSA) is 98.0 Å². The summed E-state index contributed by atoms with van der Waals surface area (Å²) >= 11 is 0. The van der Waals surface area contributed by atoms with E-state index < -0.39 is 0 Å². The summed E-state index contributed by atoms with van der Waals surface area (Å²) in [6.07, 6.45) is 7.18. The average molecular weight is 364 g/mol. The number of amides is 1. The first kappa shape index (κ1) is 16.0. The first-order chi connectivity index (χ1) is 13.1. The first-order valence-corrected chi connectivity index (χ1v) is 9.15.